The number of nitrogens with one attached hydrogen (secondary N) is 1. The van der Waals surface area contributed by atoms with Crippen LogP contribution in [0.1, 0.15) is 30.8 Å². The van der Waals surface area contributed by atoms with Crippen LogP contribution in [0.25, 0.3) is 0 Å². The summed E-state index contributed by atoms with van der Waals surface area (Å²) in [4.78, 5) is 9.15. The van der Waals surface area contributed by atoms with Gasteiger partial charge in [-0.15, -0.1) is 0 Å². The predicted molar refractivity (Wildman–Crippen MR) is 71.8 cm³/mol. The summed E-state index contributed by atoms with van der Waals surface area (Å²) in [6.07, 6.45) is 1.03. The van der Waals surface area contributed by atoms with Gasteiger partial charge in [0.25, 0.3) is 0 Å². The smallest absolute Gasteiger partial charge is 0.143 e. The maximum Gasteiger partial charge on any atom is 0.143 e. The second kappa shape index (κ2) is 5.27. The van der Waals surface area contributed by atoms with Gasteiger partial charge in [-0.05, 0) is 42.9 Å². The number of aromatic nitrogens is 2. The van der Waals surface area contributed by atoms with Crippen LogP contribution in [0.5, 0.6) is 0 Å². The highest BCUT2D eigenvalue weighted by atomic mass is 127. The van der Waals surface area contributed by atoms with Crippen LogP contribution in [0.3, 0.4) is 0 Å². The van der Waals surface area contributed by atoms with Gasteiger partial charge in [0, 0.05) is 19.1 Å². The van der Waals surface area contributed by atoms with E-state index >= 15 is 0 Å². The fourth-order valence-electron chi connectivity index (χ4n) is 1.79. The molecule has 0 amide bonds. The van der Waals surface area contributed by atoms with Crippen LogP contribution < -0.4 is 5.32 Å². The van der Waals surface area contributed by atoms with E-state index in [2.05, 4.69) is 44.8 Å². The quantitative estimate of drug-likeness (QED) is 0.863. The van der Waals surface area contributed by atoms with E-state index < -0.39 is 0 Å². The second-order valence-electron chi connectivity index (χ2n) is 3.92. The van der Waals surface area contributed by atoms with Crippen molar-refractivity contribution in [1.29, 1.82) is 0 Å². The summed E-state index contributed by atoms with van der Waals surface area (Å²) >= 11 is 2.29. The second-order valence-corrected chi connectivity index (χ2v) is 5.00. The third kappa shape index (κ3) is 2.45. The van der Waals surface area contributed by atoms with E-state index in [4.69, 9.17) is 4.74 Å². The van der Waals surface area contributed by atoms with Crippen LogP contribution >= 0.6 is 22.6 Å². The van der Waals surface area contributed by atoms with Gasteiger partial charge in [-0.1, -0.05) is 0 Å². The first-order chi connectivity index (χ1) is 7.72. The maximum atomic E-state index is 5.38. The molecule has 1 fully saturated rings. The van der Waals surface area contributed by atoms with E-state index in [-0.39, 0.29) is 0 Å². The molecule has 1 unspecified atom stereocenters. The summed E-state index contributed by atoms with van der Waals surface area (Å²) in [6.45, 7) is 6.57. The molecule has 1 aliphatic rings. The zero-order chi connectivity index (χ0) is 11.5. The molecule has 1 aromatic rings. The van der Waals surface area contributed by atoms with Crippen LogP contribution in [0.2, 0.25) is 0 Å². The summed E-state index contributed by atoms with van der Waals surface area (Å²) < 4.78 is 6.49. The molecule has 2 rings (SSSR count). The highest BCUT2D eigenvalue weighted by Gasteiger charge is 2.22. The van der Waals surface area contributed by atoms with E-state index in [0.29, 0.717) is 5.92 Å². The lowest BCUT2D eigenvalue weighted by atomic mass is 10.1. The number of rotatable bonds is 3. The van der Waals surface area contributed by atoms with Crippen molar-refractivity contribution in [2.24, 2.45) is 0 Å². The van der Waals surface area contributed by atoms with Crippen LogP contribution in [0.4, 0.5) is 5.82 Å². The predicted octanol–water partition coefficient (Wildman–Crippen LogP) is 2.33. The maximum absolute atomic E-state index is 5.38. The topological polar surface area (TPSA) is 47.0 Å². The monoisotopic (exact) mass is 333 g/mol. The zero-order valence-corrected chi connectivity index (χ0v) is 11.7. The van der Waals surface area contributed by atoms with Crippen molar-refractivity contribution in [3.8, 4) is 0 Å². The minimum Gasteiger partial charge on any atom is -0.381 e. The van der Waals surface area contributed by atoms with E-state index in [0.717, 1.165) is 47.1 Å². The van der Waals surface area contributed by atoms with Gasteiger partial charge in [0.05, 0.1) is 15.9 Å². The van der Waals surface area contributed by atoms with E-state index in [9.17, 15) is 0 Å². The highest BCUT2D eigenvalue weighted by Crippen LogP contribution is 2.26. The average Bonchev–Trinajstić information content (AvgIpc) is 2.78. The normalized spacial score (nSPS) is 20.1. The van der Waals surface area contributed by atoms with Crippen molar-refractivity contribution in [3.05, 3.63) is 15.1 Å². The molecule has 0 aliphatic carbocycles. The number of aryl methyl sites for hydroxylation is 1. The Morgan fingerprint density at radius 2 is 2.31 bits per heavy atom. The van der Waals surface area contributed by atoms with Crippen LogP contribution in [-0.2, 0) is 4.74 Å². The van der Waals surface area contributed by atoms with E-state index in [1.165, 1.54) is 0 Å². The lowest BCUT2D eigenvalue weighted by Gasteiger charge is -2.12. The van der Waals surface area contributed by atoms with Crippen LogP contribution in [0.15, 0.2) is 0 Å². The van der Waals surface area contributed by atoms with Crippen molar-refractivity contribution in [1.82, 2.24) is 9.97 Å². The molecule has 0 bridgehead atoms. The Hall–Kier alpha value is -0.430. The lowest BCUT2D eigenvalue weighted by Crippen LogP contribution is -2.11. The Labute approximate surface area is 109 Å². The number of anilines is 1. The van der Waals surface area contributed by atoms with Crippen molar-refractivity contribution in [2.75, 3.05) is 25.1 Å². The van der Waals surface area contributed by atoms with Gasteiger partial charge >= 0.3 is 0 Å². The van der Waals surface area contributed by atoms with Gasteiger partial charge < -0.3 is 10.1 Å². The highest BCUT2D eigenvalue weighted by molar-refractivity contribution is 14.1. The molecular weight excluding hydrogens is 317 g/mol. The molecule has 4 nitrogen and oxygen atoms in total. The largest absolute Gasteiger partial charge is 0.381 e. The van der Waals surface area contributed by atoms with Gasteiger partial charge in [-0.25, -0.2) is 9.97 Å². The third-order valence-electron chi connectivity index (χ3n) is 2.67. The number of halogens is 1. The molecule has 0 saturated carbocycles. The fourth-order valence-corrected chi connectivity index (χ4v) is 2.22. The molecule has 2 heterocycles. The minimum atomic E-state index is 0.369. The minimum absolute atomic E-state index is 0.369. The number of ether oxygens (including phenoxy) is 1. The molecular formula is C11H16IN3O. The van der Waals surface area contributed by atoms with Crippen molar-refractivity contribution in [3.63, 3.8) is 0 Å². The Kier molecular flexibility index (Phi) is 3.96. The van der Waals surface area contributed by atoms with E-state index in [1.54, 1.807) is 0 Å². The molecule has 0 radical (unpaired) electrons. The molecule has 88 valence electrons. The van der Waals surface area contributed by atoms with Gasteiger partial charge in [-0.2, -0.15) is 0 Å². The molecule has 1 N–H and O–H groups in total. The standard InChI is InChI=1S/C11H16IN3O/c1-3-13-11-9(12)7(2)14-10(15-11)8-4-5-16-6-8/h8H,3-6H2,1-2H3,(H,13,14,15). The van der Waals surface area contributed by atoms with Crippen molar-refractivity contribution >= 4 is 28.4 Å². The summed E-state index contributed by atoms with van der Waals surface area (Å²) in [5, 5.41) is 3.28. The molecule has 1 aromatic heterocycles. The van der Waals surface area contributed by atoms with Crippen LogP contribution in [0, 0.1) is 10.5 Å². The Morgan fingerprint density at radius 3 is 2.94 bits per heavy atom. The summed E-state index contributed by atoms with van der Waals surface area (Å²) in [6, 6.07) is 0. The first-order valence-corrected chi connectivity index (χ1v) is 6.66. The van der Waals surface area contributed by atoms with Gasteiger partial charge in [0.2, 0.25) is 0 Å². The van der Waals surface area contributed by atoms with Crippen molar-refractivity contribution < 1.29 is 4.74 Å². The summed E-state index contributed by atoms with van der Waals surface area (Å²) in [7, 11) is 0. The lowest BCUT2D eigenvalue weighted by molar-refractivity contribution is 0.193. The van der Waals surface area contributed by atoms with Crippen molar-refractivity contribution in [2.45, 2.75) is 26.2 Å². The molecule has 0 spiro atoms. The Balaban J connectivity index is 2.31. The van der Waals surface area contributed by atoms with Gasteiger partial charge in [0.15, 0.2) is 0 Å². The molecule has 1 atom stereocenters. The first-order valence-electron chi connectivity index (χ1n) is 5.58. The van der Waals surface area contributed by atoms with Gasteiger partial charge in [-0.3, -0.25) is 0 Å². The van der Waals surface area contributed by atoms with Crippen LogP contribution in [-0.4, -0.2) is 29.7 Å². The molecule has 1 aliphatic heterocycles. The molecule has 0 aromatic carbocycles. The molecule has 1 saturated heterocycles. The number of hydrogen-bond donors (Lipinski definition) is 1. The molecule has 16 heavy (non-hydrogen) atoms. The third-order valence-corrected chi connectivity index (χ3v) is 3.96. The average molecular weight is 333 g/mol. The summed E-state index contributed by atoms with van der Waals surface area (Å²) in [5.41, 5.74) is 1.05. The number of hydrogen-bond acceptors (Lipinski definition) is 4. The van der Waals surface area contributed by atoms with E-state index in [1.807, 2.05) is 6.92 Å². The van der Waals surface area contributed by atoms with Gasteiger partial charge in [0.1, 0.15) is 11.6 Å². The first kappa shape index (κ1) is 12.0. The SMILES string of the molecule is CCNc1nc(C2CCOC2)nc(C)c1I. The number of nitrogens with zero attached hydrogens (tertiary/aromatic N) is 2. The Bertz CT molecular complexity index is 378. The Morgan fingerprint density at radius 1 is 1.50 bits per heavy atom. The zero-order valence-electron chi connectivity index (χ0n) is 9.59. The molecule has 5 heteroatoms. The summed E-state index contributed by atoms with van der Waals surface area (Å²) in [5.74, 6) is 2.25. The fraction of sp³-hybridized carbons (Fsp3) is 0.636.